The maximum Gasteiger partial charge on any atom is 0.411 e. The summed E-state index contributed by atoms with van der Waals surface area (Å²) < 4.78 is 10.7. The summed E-state index contributed by atoms with van der Waals surface area (Å²) >= 11 is 0. The molecule has 1 saturated heterocycles. The molecule has 1 aliphatic rings. The summed E-state index contributed by atoms with van der Waals surface area (Å²) in [6.07, 6.45) is -1.43. The fourth-order valence-electron chi connectivity index (χ4n) is 2.45. The third kappa shape index (κ3) is 3.72. The molecule has 1 N–H and O–H groups in total. The van der Waals surface area contributed by atoms with Crippen LogP contribution in [0.4, 0.5) is 4.79 Å². The molecule has 0 aliphatic carbocycles. The molecule has 0 spiro atoms. The van der Waals surface area contributed by atoms with Gasteiger partial charge in [-0.2, -0.15) is 0 Å². The maximum absolute atomic E-state index is 12.2. The topological polar surface area (TPSA) is 76.1 Å². The van der Waals surface area contributed by atoms with E-state index in [9.17, 15) is 14.7 Å². The number of hydrogen-bond acceptors (Lipinski definition) is 4. The molecule has 6 nitrogen and oxygen atoms in total. The molecule has 0 saturated carbocycles. The van der Waals surface area contributed by atoms with Gasteiger partial charge in [-0.15, -0.1) is 0 Å². The minimum Gasteiger partial charge on any atom is -0.480 e. The van der Waals surface area contributed by atoms with Gasteiger partial charge >= 0.3 is 12.1 Å². The number of amides is 1. The molecular weight excluding hydrogens is 274 g/mol. The summed E-state index contributed by atoms with van der Waals surface area (Å²) in [7, 11) is 0. The lowest BCUT2D eigenvalue weighted by Gasteiger charge is -2.39. The van der Waals surface area contributed by atoms with Crippen LogP contribution in [0.3, 0.4) is 0 Å². The molecule has 1 aromatic carbocycles. The zero-order valence-electron chi connectivity index (χ0n) is 12.1. The first-order chi connectivity index (χ1) is 9.99. The molecule has 0 radical (unpaired) electrons. The second kappa shape index (κ2) is 6.58. The Morgan fingerprint density at radius 1 is 1.33 bits per heavy atom. The zero-order chi connectivity index (χ0) is 15.4. The first-order valence-electron chi connectivity index (χ1n) is 6.84. The van der Waals surface area contributed by atoms with Gasteiger partial charge in [0.25, 0.3) is 0 Å². The van der Waals surface area contributed by atoms with Crippen molar-refractivity contribution in [1.29, 1.82) is 0 Å². The lowest BCUT2D eigenvalue weighted by molar-refractivity contribution is -0.159. The highest BCUT2D eigenvalue weighted by atomic mass is 16.6. The van der Waals surface area contributed by atoms with E-state index >= 15 is 0 Å². The number of nitrogens with zero attached hydrogens (tertiary/aromatic N) is 1. The van der Waals surface area contributed by atoms with Crippen molar-refractivity contribution in [1.82, 2.24) is 4.90 Å². The van der Waals surface area contributed by atoms with E-state index in [1.165, 1.54) is 4.90 Å². The van der Waals surface area contributed by atoms with Crippen LogP contribution in [0.5, 0.6) is 0 Å². The van der Waals surface area contributed by atoms with Crippen LogP contribution in [0.15, 0.2) is 30.3 Å². The van der Waals surface area contributed by atoms with Crippen molar-refractivity contribution < 1.29 is 24.2 Å². The predicted molar refractivity (Wildman–Crippen MR) is 74.8 cm³/mol. The monoisotopic (exact) mass is 293 g/mol. The average Bonchev–Trinajstić information content (AvgIpc) is 2.44. The largest absolute Gasteiger partial charge is 0.480 e. The first-order valence-corrected chi connectivity index (χ1v) is 6.84. The Hall–Kier alpha value is -2.08. The van der Waals surface area contributed by atoms with Crippen molar-refractivity contribution >= 4 is 12.1 Å². The molecule has 1 heterocycles. The number of morpholine rings is 1. The van der Waals surface area contributed by atoms with Crippen LogP contribution >= 0.6 is 0 Å². The van der Waals surface area contributed by atoms with E-state index in [1.807, 2.05) is 30.3 Å². The SMILES string of the molecule is C[C@@H]1O[C@@H](C)CN(C(=O)OCc2ccccc2)C1C(=O)O. The van der Waals surface area contributed by atoms with Crippen LogP contribution < -0.4 is 0 Å². The minimum absolute atomic E-state index is 0.117. The van der Waals surface area contributed by atoms with Gasteiger partial charge in [0.05, 0.1) is 18.8 Å². The molecule has 2 rings (SSSR count). The normalized spacial score (nSPS) is 25.4. The number of ether oxygens (including phenoxy) is 2. The fourth-order valence-corrected chi connectivity index (χ4v) is 2.45. The molecule has 1 aromatic rings. The van der Waals surface area contributed by atoms with Gasteiger partial charge in [-0.25, -0.2) is 9.59 Å². The third-order valence-corrected chi connectivity index (χ3v) is 3.37. The van der Waals surface area contributed by atoms with Crippen molar-refractivity contribution in [2.75, 3.05) is 6.54 Å². The Morgan fingerprint density at radius 3 is 2.62 bits per heavy atom. The quantitative estimate of drug-likeness (QED) is 0.921. The molecule has 1 aliphatic heterocycles. The smallest absolute Gasteiger partial charge is 0.411 e. The molecule has 114 valence electrons. The third-order valence-electron chi connectivity index (χ3n) is 3.37. The molecule has 21 heavy (non-hydrogen) atoms. The molecular formula is C15H19NO5. The van der Waals surface area contributed by atoms with Crippen LogP contribution in [0.25, 0.3) is 0 Å². The lowest BCUT2D eigenvalue weighted by atomic mass is 10.1. The van der Waals surface area contributed by atoms with E-state index in [-0.39, 0.29) is 19.3 Å². The lowest BCUT2D eigenvalue weighted by Crippen LogP contribution is -2.58. The average molecular weight is 293 g/mol. The van der Waals surface area contributed by atoms with Gasteiger partial charge in [0.1, 0.15) is 6.61 Å². The zero-order valence-corrected chi connectivity index (χ0v) is 12.1. The highest BCUT2D eigenvalue weighted by Gasteiger charge is 2.41. The Kier molecular flexibility index (Phi) is 4.80. The number of hydrogen-bond donors (Lipinski definition) is 1. The molecule has 1 fully saturated rings. The van der Waals surface area contributed by atoms with Crippen molar-refractivity contribution in [2.45, 2.75) is 38.7 Å². The van der Waals surface area contributed by atoms with Crippen LogP contribution in [0, 0.1) is 0 Å². The van der Waals surface area contributed by atoms with Crippen molar-refractivity contribution in [2.24, 2.45) is 0 Å². The number of carboxylic acid groups (broad SMARTS) is 1. The van der Waals surface area contributed by atoms with E-state index in [0.717, 1.165) is 5.56 Å². The number of benzene rings is 1. The van der Waals surface area contributed by atoms with Gasteiger partial charge in [0.15, 0.2) is 6.04 Å². The summed E-state index contributed by atoms with van der Waals surface area (Å²) in [4.78, 5) is 24.7. The molecule has 1 unspecified atom stereocenters. The minimum atomic E-state index is -1.09. The molecule has 1 amide bonds. The van der Waals surface area contributed by atoms with Gasteiger partial charge in [-0.05, 0) is 19.4 Å². The van der Waals surface area contributed by atoms with E-state index in [1.54, 1.807) is 13.8 Å². The number of carbonyl (C=O) groups is 2. The Morgan fingerprint density at radius 2 is 2.00 bits per heavy atom. The van der Waals surface area contributed by atoms with Gasteiger partial charge < -0.3 is 14.6 Å². The highest BCUT2D eigenvalue weighted by molar-refractivity contribution is 5.81. The van der Waals surface area contributed by atoms with Gasteiger partial charge in [-0.3, -0.25) is 4.90 Å². The number of aliphatic carboxylic acids is 1. The summed E-state index contributed by atoms with van der Waals surface area (Å²) in [5.74, 6) is -1.09. The second-order valence-electron chi connectivity index (χ2n) is 5.13. The molecule has 6 heteroatoms. The summed E-state index contributed by atoms with van der Waals surface area (Å²) in [6.45, 7) is 3.76. The van der Waals surface area contributed by atoms with Crippen molar-refractivity contribution in [3.63, 3.8) is 0 Å². The van der Waals surface area contributed by atoms with Crippen LogP contribution in [-0.2, 0) is 20.9 Å². The second-order valence-corrected chi connectivity index (χ2v) is 5.13. The van der Waals surface area contributed by atoms with Crippen LogP contribution in [0.2, 0.25) is 0 Å². The molecule has 3 atom stereocenters. The van der Waals surface area contributed by atoms with E-state index < -0.39 is 24.2 Å². The summed E-state index contributed by atoms with van der Waals surface area (Å²) in [5, 5.41) is 9.27. The first kappa shape index (κ1) is 15.3. The molecule has 0 aromatic heterocycles. The van der Waals surface area contributed by atoms with E-state index in [0.29, 0.717) is 0 Å². The van der Waals surface area contributed by atoms with E-state index in [2.05, 4.69) is 0 Å². The van der Waals surface area contributed by atoms with Gasteiger partial charge in [0, 0.05) is 0 Å². The number of carbonyl (C=O) groups excluding carboxylic acids is 1. The number of rotatable bonds is 3. The number of carboxylic acids is 1. The van der Waals surface area contributed by atoms with E-state index in [4.69, 9.17) is 9.47 Å². The highest BCUT2D eigenvalue weighted by Crippen LogP contribution is 2.20. The van der Waals surface area contributed by atoms with Crippen molar-refractivity contribution in [3.05, 3.63) is 35.9 Å². The predicted octanol–water partition coefficient (Wildman–Crippen LogP) is 1.89. The van der Waals surface area contributed by atoms with Gasteiger partial charge in [-0.1, -0.05) is 30.3 Å². The standard InChI is InChI=1S/C15H19NO5/c1-10-8-16(13(14(17)18)11(2)21-10)15(19)20-9-12-6-4-3-5-7-12/h3-7,10-11,13H,8-9H2,1-2H3,(H,17,18)/t10-,11-,13?/m0/s1. The Bertz CT molecular complexity index is 504. The summed E-state index contributed by atoms with van der Waals surface area (Å²) in [5.41, 5.74) is 0.854. The maximum atomic E-state index is 12.2. The van der Waals surface area contributed by atoms with Gasteiger partial charge in [0.2, 0.25) is 0 Å². The van der Waals surface area contributed by atoms with Crippen LogP contribution in [-0.4, -0.2) is 46.9 Å². The Balaban J connectivity index is 2.03. The molecule has 0 bridgehead atoms. The van der Waals surface area contributed by atoms with Crippen LogP contribution in [0.1, 0.15) is 19.4 Å². The van der Waals surface area contributed by atoms with Crippen molar-refractivity contribution in [3.8, 4) is 0 Å². The summed E-state index contributed by atoms with van der Waals surface area (Å²) in [6, 6.07) is 8.23. The fraction of sp³-hybridized carbons (Fsp3) is 0.467. The Labute approximate surface area is 123 Å².